The Morgan fingerprint density at radius 3 is 2.38 bits per heavy atom. The maximum absolute atomic E-state index is 12.6. The molecule has 0 aliphatic rings. The van der Waals surface area contributed by atoms with Gasteiger partial charge >= 0.3 is 19.2 Å². The molecule has 0 aliphatic carbocycles. The van der Waals surface area contributed by atoms with Crippen molar-refractivity contribution < 1.29 is 36.9 Å². The fraction of sp³-hybridized carbons (Fsp3) is 0.133. The molecule has 1 aromatic heterocycles. The van der Waals surface area contributed by atoms with Crippen molar-refractivity contribution in [2.24, 2.45) is 5.10 Å². The highest BCUT2D eigenvalue weighted by atomic mass is 35.5. The first kappa shape index (κ1) is 22.8. The van der Waals surface area contributed by atoms with E-state index in [1.54, 1.807) is 0 Å². The molecule has 0 fully saturated rings. The minimum atomic E-state index is -3.25. The number of halogens is 7. The van der Waals surface area contributed by atoms with E-state index < -0.39 is 41.4 Å². The number of pyridine rings is 1. The number of ether oxygens (including phenoxy) is 2. The standard InChI is InChI=1S/C15H8Cl3F4N3O4/c16-8-10(9(17)12(18)24-11(8)13(26)27)25-23-4-5-1-2-6(28-14(19)20)3-7(5)29-15(21)22/h1-4,14-15H,(H,24,25)(H,26,27). The third-order valence-corrected chi connectivity index (χ3v) is 4.15. The van der Waals surface area contributed by atoms with Gasteiger partial charge in [-0.2, -0.15) is 22.7 Å². The van der Waals surface area contributed by atoms with Gasteiger partial charge in [0, 0.05) is 11.6 Å². The smallest absolute Gasteiger partial charge is 0.387 e. The number of anilines is 1. The van der Waals surface area contributed by atoms with Crippen LogP contribution in [0.3, 0.4) is 0 Å². The van der Waals surface area contributed by atoms with E-state index in [0.717, 1.165) is 24.4 Å². The Kier molecular flexibility index (Phi) is 7.71. The summed E-state index contributed by atoms with van der Waals surface area (Å²) in [6.45, 7) is -6.42. The fourth-order valence-corrected chi connectivity index (χ4v) is 2.58. The average molecular weight is 477 g/mol. The Balaban J connectivity index is 2.34. The third-order valence-electron chi connectivity index (χ3n) is 3.05. The molecule has 0 radical (unpaired) electrons. The monoisotopic (exact) mass is 475 g/mol. The topological polar surface area (TPSA) is 93.0 Å². The number of hydrogen-bond acceptors (Lipinski definition) is 6. The summed E-state index contributed by atoms with van der Waals surface area (Å²) in [5.41, 5.74) is 1.44. The second-order valence-electron chi connectivity index (χ2n) is 4.89. The maximum atomic E-state index is 12.6. The summed E-state index contributed by atoms with van der Waals surface area (Å²) in [6.07, 6.45) is 0.964. The highest BCUT2D eigenvalue weighted by Crippen LogP contribution is 2.37. The number of hydrazone groups is 1. The lowest BCUT2D eigenvalue weighted by Crippen LogP contribution is -2.07. The Labute approximate surface area is 174 Å². The molecule has 0 saturated heterocycles. The van der Waals surface area contributed by atoms with Gasteiger partial charge in [0.1, 0.15) is 21.5 Å². The number of rotatable bonds is 8. The van der Waals surface area contributed by atoms with Gasteiger partial charge in [0.15, 0.2) is 10.8 Å². The van der Waals surface area contributed by atoms with E-state index >= 15 is 0 Å². The van der Waals surface area contributed by atoms with Crippen molar-refractivity contribution in [2.45, 2.75) is 13.2 Å². The van der Waals surface area contributed by atoms with Crippen LogP contribution in [-0.4, -0.2) is 35.5 Å². The summed E-state index contributed by atoms with van der Waals surface area (Å²) in [5, 5.41) is 11.7. The van der Waals surface area contributed by atoms with E-state index in [2.05, 4.69) is 25.0 Å². The molecule has 2 aromatic rings. The molecular formula is C15H8Cl3F4N3O4. The lowest BCUT2D eigenvalue weighted by molar-refractivity contribution is -0.0543. The molecule has 0 atom stereocenters. The van der Waals surface area contributed by atoms with E-state index in [1.807, 2.05) is 0 Å². The molecule has 0 bridgehead atoms. The van der Waals surface area contributed by atoms with Gasteiger partial charge in [-0.3, -0.25) is 5.43 Å². The number of hydrogen-bond donors (Lipinski definition) is 2. The van der Waals surface area contributed by atoms with Crippen LogP contribution >= 0.6 is 34.8 Å². The van der Waals surface area contributed by atoms with Crippen molar-refractivity contribution in [1.82, 2.24) is 4.98 Å². The summed E-state index contributed by atoms with van der Waals surface area (Å²) >= 11 is 17.5. The largest absolute Gasteiger partial charge is 0.476 e. The van der Waals surface area contributed by atoms with Crippen LogP contribution in [0.5, 0.6) is 11.5 Å². The minimum Gasteiger partial charge on any atom is -0.476 e. The highest BCUT2D eigenvalue weighted by Gasteiger charge is 2.20. The molecular weight excluding hydrogens is 469 g/mol. The van der Waals surface area contributed by atoms with Crippen LogP contribution in [-0.2, 0) is 0 Å². The second-order valence-corrected chi connectivity index (χ2v) is 6.00. The molecule has 1 heterocycles. The molecule has 0 amide bonds. The number of carboxylic acid groups (broad SMARTS) is 1. The summed E-state index contributed by atoms with van der Waals surface area (Å²) in [6, 6.07) is 3.00. The number of aromatic nitrogens is 1. The second kappa shape index (κ2) is 9.81. The van der Waals surface area contributed by atoms with Gasteiger partial charge in [0.2, 0.25) is 0 Å². The van der Waals surface area contributed by atoms with E-state index in [9.17, 15) is 22.4 Å². The zero-order chi connectivity index (χ0) is 21.7. The van der Waals surface area contributed by atoms with Gasteiger partial charge in [-0.25, -0.2) is 9.78 Å². The zero-order valence-corrected chi connectivity index (χ0v) is 15.9. The molecule has 0 aliphatic heterocycles. The van der Waals surface area contributed by atoms with Crippen LogP contribution in [0.1, 0.15) is 16.1 Å². The van der Waals surface area contributed by atoms with Crippen LogP contribution in [0.25, 0.3) is 0 Å². The molecule has 0 unspecified atom stereocenters. The predicted molar refractivity (Wildman–Crippen MR) is 97.1 cm³/mol. The number of alkyl halides is 4. The van der Waals surface area contributed by atoms with Gasteiger partial charge in [-0.1, -0.05) is 34.8 Å². The summed E-state index contributed by atoms with van der Waals surface area (Å²) < 4.78 is 58.0. The minimum absolute atomic E-state index is 0.0646. The van der Waals surface area contributed by atoms with Crippen molar-refractivity contribution in [1.29, 1.82) is 0 Å². The average Bonchev–Trinajstić information content (AvgIpc) is 2.61. The molecule has 29 heavy (non-hydrogen) atoms. The van der Waals surface area contributed by atoms with Crippen molar-refractivity contribution in [3.05, 3.63) is 44.7 Å². The first-order valence-corrected chi connectivity index (χ1v) is 8.34. The Morgan fingerprint density at radius 1 is 1.14 bits per heavy atom. The first-order valence-electron chi connectivity index (χ1n) is 7.20. The van der Waals surface area contributed by atoms with Crippen molar-refractivity contribution in [3.8, 4) is 11.5 Å². The number of carbonyl (C=O) groups is 1. The Bertz CT molecular complexity index is 948. The normalized spacial score (nSPS) is 11.3. The van der Waals surface area contributed by atoms with Crippen LogP contribution in [0.2, 0.25) is 15.2 Å². The van der Waals surface area contributed by atoms with E-state index in [-0.39, 0.29) is 21.4 Å². The maximum Gasteiger partial charge on any atom is 0.387 e. The number of carboxylic acids is 1. The van der Waals surface area contributed by atoms with Crippen LogP contribution < -0.4 is 14.9 Å². The van der Waals surface area contributed by atoms with Gasteiger partial charge in [-0.05, 0) is 12.1 Å². The Hall–Kier alpha value is -2.50. The lowest BCUT2D eigenvalue weighted by atomic mass is 10.2. The molecule has 7 nitrogen and oxygen atoms in total. The lowest BCUT2D eigenvalue weighted by Gasteiger charge is -2.11. The number of benzene rings is 1. The quantitative estimate of drug-likeness (QED) is 0.230. The van der Waals surface area contributed by atoms with E-state index in [0.29, 0.717) is 0 Å². The van der Waals surface area contributed by atoms with E-state index in [4.69, 9.17) is 39.9 Å². The molecule has 14 heteroatoms. The first-order chi connectivity index (χ1) is 13.6. The van der Waals surface area contributed by atoms with Gasteiger partial charge in [-0.15, -0.1) is 0 Å². The molecule has 0 spiro atoms. The molecule has 2 N–H and O–H groups in total. The van der Waals surface area contributed by atoms with Crippen LogP contribution in [0.15, 0.2) is 23.3 Å². The molecule has 2 rings (SSSR count). The van der Waals surface area contributed by atoms with E-state index in [1.165, 1.54) is 0 Å². The Morgan fingerprint density at radius 2 is 1.79 bits per heavy atom. The van der Waals surface area contributed by atoms with Gasteiger partial charge in [0.25, 0.3) is 0 Å². The zero-order valence-electron chi connectivity index (χ0n) is 13.7. The number of aromatic carboxylic acids is 1. The van der Waals surface area contributed by atoms with Crippen molar-refractivity contribution >= 4 is 52.7 Å². The fourth-order valence-electron chi connectivity index (χ4n) is 1.92. The van der Waals surface area contributed by atoms with Gasteiger partial charge < -0.3 is 14.6 Å². The molecule has 0 saturated carbocycles. The van der Waals surface area contributed by atoms with Crippen molar-refractivity contribution in [3.63, 3.8) is 0 Å². The third kappa shape index (κ3) is 5.99. The van der Waals surface area contributed by atoms with Crippen molar-refractivity contribution in [2.75, 3.05) is 5.43 Å². The highest BCUT2D eigenvalue weighted by molar-refractivity contribution is 6.46. The van der Waals surface area contributed by atoms with Crippen LogP contribution in [0.4, 0.5) is 23.2 Å². The molecule has 156 valence electrons. The summed E-state index contributed by atoms with van der Waals surface area (Å²) in [7, 11) is 0. The molecule has 1 aromatic carbocycles. The summed E-state index contributed by atoms with van der Waals surface area (Å²) in [5.74, 6) is -2.42. The number of nitrogens with one attached hydrogen (secondary N) is 1. The van der Waals surface area contributed by atoms with Crippen LogP contribution in [0, 0.1) is 0 Å². The number of nitrogens with zero attached hydrogens (tertiary/aromatic N) is 2. The summed E-state index contributed by atoms with van der Waals surface area (Å²) in [4.78, 5) is 14.6. The van der Waals surface area contributed by atoms with Gasteiger partial charge in [0.05, 0.1) is 11.9 Å². The predicted octanol–water partition coefficient (Wildman–Crippen LogP) is 5.39. The SMILES string of the molecule is O=C(O)c1nc(Cl)c(Cl)c(NN=Cc2ccc(OC(F)F)cc2OC(F)F)c1Cl.